The van der Waals surface area contributed by atoms with Crippen LogP contribution >= 0.6 is 0 Å². The minimum atomic E-state index is -0.102. The summed E-state index contributed by atoms with van der Waals surface area (Å²) in [6.07, 6.45) is 0. The predicted molar refractivity (Wildman–Crippen MR) is 166 cm³/mol. The van der Waals surface area contributed by atoms with E-state index in [2.05, 4.69) is 116 Å². The number of ether oxygens (including phenoxy) is 1. The van der Waals surface area contributed by atoms with E-state index < -0.39 is 0 Å². The number of nitrogens with zero attached hydrogens (tertiary/aromatic N) is 1. The van der Waals surface area contributed by atoms with E-state index in [1.165, 1.54) is 22.3 Å². The van der Waals surface area contributed by atoms with Crippen LogP contribution in [0.4, 0.5) is 17.1 Å². The summed E-state index contributed by atoms with van der Waals surface area (Å²) in [5.41, 5.74) is 9.90. The number of methoxy groups -OCH3 is 1. The summed E-state index contributed by atoms with van der Waals surface area (Å²) in [5.74, 6) is 0.600. The lowest BCUT2D eigenvalue weighted by molar-refractivity contribution is -0.111. The van der Waals surface area contributed by atoms with Gasteiger partial charge in [0.2, 0.25) is 0 Å². The lowest BCUT2D eigenvalue weighted by Crippen LogP contribution is -2.16. The molecule has 3 heteroatoms. The maximum absolute atomic E-state index is 12.8. The standard InChI is InChI=1S/C37H33NO2/c1-24(39)36(25(2)40-5)32-21-22-35(31-17-10-9-15-28(31)32)38(26-13-7-6-8-14-26)27-19-20-30-29-16-11-12-18-33(29)37(3,4)34(30)23-27/h6-23H,1-5H3/b36-25+. The highest BCUT2D eigenvalue weighted by atomic mass is 16.5. The molecule has 0 fully saturated rings. The minimum absolute atomic E-state index is 0.0161. The first-order valence-corrected chi connectivity index (χ1v) is 13.7. The van der Waals surface area contributed by atoms with Gasteiger partial charge in [-0.2, -0.15) is 0 Å². The highest BCUT2D eigenvalue weighted by Gasteiger charge is 2.35. The molecule has 0 heterocycles. The number of Topliss-reactive ketones (excluding diaryl/α,β-unsaturated/α-hetero) is 1. The van der Waals surface area contributed by atoms with Gasteiger partial charge >= 0.3 is 0 Å². The van der Waals surface area contributed by atoms with Crippen molar-refractivity contribution >= 4 is 39.2 Å². The molecular formula is C37H33NO2. The van der Waals surface area contributed by atoms with Crippen LogP contribution in [0.3, 0.4) is 0 Å². The quantitative estimate of drug-likeness (QED) is 0.164. The molecule has 0 aliphatic heterocycles. The van der Waals surface area contributed by atoms with Gasteiger partial charge in [-0.1, -0.05) is 92.7 Å². The van der Waals surface area contributed by atoms with Crippen LogP contribution in [0.25, 0.3) is 27.5 Å². The SMILES string of the molecule is CO/C(C)=C(\C(C)=O)c1ccc(N(c2ccccc2)c2ccc3c(c2)C(C)(C)c2ccccc2-3)c2ccccc12. The molecule has 0 saturated carbocycles. The van der Waals surface area contributed by atoms with Gasteiger partial charge < -0.3 is 9.64 Å². The zero-order valence-electron chi connectivity index (χ0n) is 23.7. The first-order chi connectivity index (χ1) is 19.3. The van der Waals surface area contributed by atoms with E-state index >= 15 is 0 Å². The van der Waals surface area contributed by atoms with Crippen LogP contribution in [0.15, 0.2) is 115 Å². The second kappa shape index (κ2) is 9.84. The van der Waals surface area contributed by atoms with Gasteiger partial charge in [0.15, 0.2) is 5.78 Å². The Balaban J connectivity index is 1.60. The third kappa shape index (κ3) is 4.01. The molecule has 1 aliphatic rings. The van der Waals surface area contributed by atoms with Crippen LogP contribution < -0.4 is 4.90 Å². The highest BCUT2D eigenvalue weighted by Crippen LogP contribution is 2.51. The van der Waals surface area contributed by atoms with Crippen molar-refractivity contribution in [2.45, 2.75) is 33.1 Å². The summed E-state index contributed by atoms with van der Waals surface area (Å²) < 4.78 is 5.53. The van der Waals surface area contributed by atoms with Gasteiger partial charge in [-0.05, 0) is 77.4 Å². The number of hydrogen-bond donors (Lipinski definition) is 0. The maximum atomic E-state index is 12.8. The summed E-state index contributed by atoms with van der Waals surface area (Å²) in [6.45, 7) is 8.07. The van der Waals surface area contributed by atoms with Gasteiger partial charge in [0.25, 0.3) is 0 Å². The number of para-hydroxylation sites is 1. The van der Waals surface area contributed by atoms with Crippen molar-refractivity contribution < 1.29 is 9.53 Å². The third-order valence-corrected chi connectivity index (χ3v) is 8.26. The van der Waals surface area contributed by atoms with Gasteiger partial charge in [-0.25, -0.2) is 0 Å². The molecule has 198 valence electrons. The van der Waals surface area contributed by atoms with Crippen LogP contribution in [-0.2, 0) is 14.9 Å². The molecule has 6 rings (SSSR count). The number of fused-ring (bicyclic) bond motifs is 4. The van der Waals surface area contributed by atoms with Gasteiger partial charge in [0.05, 0.1) is 18.4 Å². The Morgan fingerprint density at radius 1 is 0.675 bits per heavy atom. The van der Waals surface area contributed by atoms with Crippen molar-refractivity contribution in [2.75, 3.05) is 12.0 Å². The molecular weight excluding hydrogens is 490 g/mol. The molecule has 1 aliphatic carbocycles. The predicted octanol–water partition coefficient (Wildman–Crippen LogP) is 9.58. The Kier molecular flexibility index (Phi) is 6.31. The molecule has 0 saturated heterocycles. The summed E-state index contributed by atoms with van der Waals surface area (Å²) in [5, 5.41) is 2.07. The highest BCUT2D eigenvalue weighted by molar-refractivity contribution is 6.24. The second-order valence-corrected chi connectivity index (χ2v) is 10.9. The van der Waals surface area contributed by atoms with Crippen LogP contribution in [0.5, 0.6) is 0 Å². The summed E-state index contributed by atoms with van der Waals surface area (Å²) in [6, 6.07) is 38.5. The first kappa shape index (κ1) is 25.6. The number of carbonyl (C=O) groups is 1. The zero-order valence-corrected chi connectivity index (χ0v) is 23.7. The number of carbonyl (C=O) groups excluding carboxylic acids is 1. The smallest absolute Gasteiger partial charge is 0.163 e. The van der Waals surface area contributed by atoms with E-state index in [-0.39, 0.29) is 11.2 Å². The number of anilines is 3. The Bertz CT molecular complexity index is 1800. The molecule has 3 nitrogen and oxygen atoms in total. The average molecular weight is 524 g/mol. The van der Waals surface area contributed by atoms with Crippen molar-refractivity contribution in [3.8, 4) is 11.1 Å². The summed E-state index contributed by atoms with van der Waals surface area (Å²) in [4.78, 5) is 15.1. The van der Waals surface area contributed by atoms with Crippen molar-refractivity contribution in [3.05, 3.63) is 132 Å². The van der Waals surface area contributed by atoms with Gasteiger partial charge in [0.1, 0.15) is 5.76 Å². The molecule has 0 spiro atoms. The fourth-order valence-corrected chi connectivity index (χ4v) is 6.26. The molecule has 40 heavy (non-hydrogen) atoms. The van der Waals surface area contributed by atoms with Gasteiger partial charge in [0, 0.05) is 22.2 Å². The number of ketones is 1. The van der Waals surface area contributed by atoms with Crippen LogP contribution in [-0.4, -0.2) is 12.9 Å². The topological polar surface area (TPSA) is 29.5 Å². The zero-order chi connectivity index (χ0) is 28.0. The van der Waals surface area contributed by atoms with E-state index in [4.69, 9.17) is 4.74 Å². The minimum Gasteiger partial charge on any atom is -0.501 e. The number of allylic oxidation sites excluding steroid dienone is 2. The van der Waals surface area contributed by atoms with E-state index in [0.717, 1.165) is 33.4 Å². The van der Waals surface area contributed by atoms with Crippen molar-refractivity contribution in [3.63, 3.8) is 0 Å². The summed E-state index contributed by atoms with van der Waals surface area (Å²) in [7, 11) is 1.61. The normalized spacial score (nSPS) is 13.8. The fraction of sp³-hybridized carbons (Fsp3) is 0.162. The lowest BCUT2D eigenvalue weighted by atomic mass is 9.82. The molecule has 0 unspecified atom stereocenters. The van der Waals surface area contributed by atoms with Crippen LogP contribution in [0.1, 0.15) is 44.4 Å². The molecule has 0 bridgehead atoms. The van der Waals surface area contributed by atoms with E-state index in [1.807, 2.05) is 19.1 Å². The Labute approximate surface area is 236 Å². The molecule has 5 aromatic rings. The largest absolute Gasteiger partial charge is 0.501 e. The second-order valence-electron chi connectivity index (χ2n) is 10.9. The Hall–Kier alpha value is -4.63. The monoisotopic (exact) mass is 523 g/mol. The van der Waals surface area contributed by atoms with Crippen molar-refractivity contribution in [2.24, 2.45) is 0 Å². The number of benzene rings is 5. The number of hydrogen-bond acceptors (Lipinski definition) is 3. The third-order valence-electron chi connectivity index (χ3n) is 8.26. The summed E-state index contributed by atoms with van der Waals surface area (Å²) >= 11 is 0. The van der Waals surface area contributed by atoms with E-state index in [1.54, 1.807) is 14.0 Å². The Morgan fingerprint density at radius 2 is 1.32 bits per heavy atom. The Morgan fingerprint density at radius 3 is 2.05 bits per heavy atom. The van der Waals surface area contributed by atoms with Crippen molar-refractivity contribution in [1.29, 1.82) is 0 Å². The average Bonchev–Trinajstić information content (AvgIpc) is 3.20. The van der Waals surface area contributed by atoms with Gasteiger partial charge in [-0.15, -0.1) is 0 Å². The fourth-order valence-electron chi connectivity index (χ4n) is 6.26. The molecule has 0 N–H and O–H groups in total. The van der Waals surface area contributed by atoms with Crippen molar-refractivity contribution in [1.82, 2.24) is 0 Å². The molecule has 0 radical (unpaired) electrons. The first-order valence-electron chi connectivity index (χ1n) is 13.7. The number of rotatable bonds is 6. The maximum Gasteiger partial charge on any atom is 0.163 e. The molecule has 0 atom stereocenters. The molecule has 0 amide bonds. The van der Waals surface area contributed by atoms with Gasteiger partial charge in [-0.3, -0.25) is 4.79 Å². The molecule has 5 aromatic carbocycles. The van der Waals surface area contributed by atoms with Crippen LogP contribution in [0, 0.1) is 0 Å². The van der Waals surface area contributed by atoms with E-state index in [0.29, 0.717) is 11.3 Å². The van der Waals surface area contributed by atoms with Crippen LogP contribution in [0.2, 0.25) is 0 Å². The van der Waals surface area contributed by atoms with E-state index in [9.17, 15) is 4.79 Å². The molecule has 0 aromatic heterocycles. The lowest BCUT2D eigenvalue weighted by Gasteiger charge is -2.29.